The molecule has 1 aromatic carbocycles. The molecule has 0 unspecified atom stereocenters. The molecule has 1 aliphatic heterocycles. The second kappa shape index (κ2) is 8.82. The Morgan fingerprint density at radius 1 is 1.07 bits per heavy atom. The predicted octanol–water partition coefficient (Wildman–Crippen LogP) is 3.81. The Balaban J connectivity index is 1.29. The molecule has 3 aromatic rings. The zero-order chi connectivity index (χ0) is 20.9. The van der Waals surface area contributed by atoms with E-state index in [0.717, 1.165) is 0 Å². The van der Waals surface area contributed by atoms with Gasteiger partial charge >= 0.3 is 0 Å². The van der Waals surface area contributed by atoms with Gasteiger partial charge in [-0.05, 0) is 68.3 Å². The summed E-state index contributed by atoms with van der Waals surface area (Å²) < 4.78 is 11.1. The van der Waals surface area contributed by atoms with Crippen molar-refractivity contribution in [3.8, 4) is 11.5 Å². The third kappa shape index (κ3) is 4.68. The lowest BCUT2D eigenvalue weighted by Crippen LogP contribution is -2.46. The van der Waals surface area contributed by atoms with Crippen molar-refractivity contribution in [2.45, 2.75) is 25.8 Å². The van der Waals surface area contributed by atoms with Gasteiger partial charge in [-0.2, -0.15) is 0 Å². The molecule has 7 nitrogen and oxygen atoms in total. The van der Waals surface area contributed by atoms with Gasteiger partial charge in [0.15, 0.2) is 5.76 Å². The van der Waals surface area contributed by atoms with Crippen LogP contribution in [0.3, 0.4) is 0 Å². The van der Waals surface area contributed by atoms with Crippen LogP contribution in [0.2, 0.25) is 0 Å². The van der Waals surface area contributed by atoms with Crippen LogP contribution in [-0.4, -0.2) is 40.8 Å². The number of amides is 2. The molecule has 1 saturated heterocycles. The van der Waals surface area contributed by atoms with Crippen LogP contribution < -0.4 is 10.1 Å². The topological polar surface area (TPSA) is 84.7 Å². The first-order valence-corrected chi connectivity index (χ1v) is 9.93. The lowest BCUT2D eigenvalue weighted by atomic mass is 10.0. The molecule has 3 heterocycles. The summed E-state index contributed by atoms with van der Waals surface area (Å²) in [6.45, 7) is 2.99. The normalized spacial score (nSPS) is 14.4. The van der Waals surface area contributed by atoms with E-state index in [2.05, 4.69) is 10.3 Å². The van der Waals surface area contributed by atoms with Gasteiger partial charge < -0.3 is 19.4 Å². The van der Waals surface area contributed by atoms with Gasteiger partial charge in [-0.1, -0.05) is 0 Å². The Hall–Kier alpha value is -3.61. The molecule has 0 saturated carbocycles. The lowest BCUT2D eigenvalue weighted by Gasteiger charge is -2.32. The monoisotopic (exact) mass is 405 g/mol. The number of nitrogens with one attached hydrogen (secondary N) is 1. The quantitative estimate of drug-likeness (QED) is 0.698. The second-order valence-electron chi connectivity index (χ2n) is 7.27. The van der Waals surface area contributed by atoms with Gasteiger partial charge in [-0.25, -0.2) is 0 Å². The number of furan rings is 1. The Kier molecular flexibility index (Phi) is 5.79. The molecule has 0 atom stereocenters. The number of nitrogens with zero attached hydrogens (tertiary/aromatic N) is 2. The number of ether oxygens (including phenoxy) is 1. The van der Waals surface area contributed by atoms with E-state index in [1.807, 2.05) is 11.0 Å². The van der Waals surface area contributed by atoms with Crippen molar-refractivity contribution in [2.75, 3.05) is 13.1 Å². The summed E-state index contributed by atoms with van der Waals surface area (Å²) in [6, 6.07) is 14.2. The van der Waals surface area contributed by atoms with Crippen LogP contribution in [0.4, 0.5) is 0 Å². The number of benzene rings is 1. The van der Waals surface area contributed by atoms with Gasteiger partial charge in [0.1, 0.15) is 17.3 Å². The number of rotatable bonds is 5. The van der Waals surface area contributed by atoms with Crippen molar-refractivity contribution < 1.29 is 18.7 Å². The van der Waals surface area contributed by atoms with E-state index >= 15 is 0 Å². The van der Waals surface area contributed by atoms with Crippen molar-refractivity contribution in [1.29, 1.82) is 0 Å². The third-order valence-electron chi connectivity index (χ3n) is 5.05. The smallest absolute Gasteiger partial charge is 0.287 e. The maximum Gasteiger partial charge on any atom is 0.287 e. The number of pyridine rings is 1. The van der Waals surface area contributed by atoms with E-state index in [1.54, 1.807) is 61.8 Å². The van der Waals surface area contributed by atoms with Gasteiger partial charge in [0.25, 0.3) is 11.8 Å². The van der Waals surface area contributed by atoms with Crippen molar-refractivity contribution >= 4 is 11.8 Å². The van der Waals surface area contributed by atoms with Crippen LogP contribution in [0.1, 0.15) is 39.5 Å². The van der Waals surface area contributed by atoms with Crippen LogP contribution in [0.5, 0.6) is 11.5 Å². The van der Waals surface area contributed by atoms with E-state index in [0.29, 0.717) is 54.5 Å². The Morgan fingerprint density at radius 2 is 1.83 bits per heavy atom. The number of carbonyl (C=O) groups excluding carboxylic acids is 2. The van der Waals surface area contributed by atoms with E-state index in [9.17, 15) is 9.59 Å². The van der Waals surface area contributed by atoms with E-state index in [4.69, 9.17) is 9.15 Å². The van der Waals surface area contributed by atoms with Gasteiger partial charge in [0.05, 0.1) is 6.20 Å². The number of aryl methyl sites for hydroxylation is 1. The average Bonchev–Trinajstić information content (AvgIpc) is 3.22. The number of aromatic nitrogens is 1. The molecule has 7 heteroatoms. The summed E-state index contributed by atoms with van der Waals surface area (Å²) in [5, 5.41) is 2.99. The van der Waals surface area contributed by atoms with Crippen LogP contribution in [0.25, 0.3) is 0 Å². The summed E-state index contributed by atoms with van der Waals surface area (Å²) in [5.41, 5.74) is 0.613. The fourth-order valence-electron chi connectivity index (χ4n) is 3.43. The standard InChI is InChI=1S/C23H23N3O4/c1-16-4-9-21(29-16)22(27)25-18-10-13-26(14-11-18)23(28)17-5-7-19(8-6-17)30-20-3-2-12-24-15-20/h2-9,12,15,18H,10-11,13-14H2,1H3,(H,25,27). The van der Waals surface area contributed by atoms with E-state index < -0.39 is 0 Å². The number of hydrogen-bond donors (Lipinski definition) is 1. The molecule has 0 aliphatic carbocycles. The minimum absolute atomic E-state index is 0.0191. The minimum Gasteiger partial charge on any atom is -0.456 e. The molecule has 0 spiro atoms. The summed E-state index contributed by atoms with van der Waals surface area (Å²) in [6.07, 6.45) is 4.73. The summed E-state index contributed by atoms with van der Waals surface area (Å²) in [5.74, 6) is 2.09. The first-order chi connectivity index (χ1) is 14.6. The molecule has 1 N–H and O–H groups in total. The largest absolute Gasteiger partial charge is 0.456 e. The van der Waals surface area contributed by atoms with Crippen molar-refractivity contribution in [1.82, 2.24) is 15.2 Å². The molecule has 0 bridgehead atoms. The first kappa shape index (κ1) is 19.7. The highest BCUT2D eigenvalue weighted by Crippen LogP contribution is 2.22. The summed E-state index contributed by atoms with van der Waals surface area (Å²) in [7, 11) is 0. The number of carbonyl (C=O) groups is 2. The number of piperidine rings is 1. The number of hydrogen-bond acceptors (Lipinski definition) is 5. The molecule has 1 aliphatic rings. The predicted molar refractivity (Wildman–Crippen MR) is 111 cm³/mol. The van der Waals surface area contributed by atoms with Gasteiger partial charge in [0.2, 0.25) is 0 Å². The highest BCUT2D eigenvalue weighted by molar-refractivity contribution is 5.94. The average molecular weight is 405 g/mol. The zero-order valence-corrected chi connectivity index (χ0v) is 16.7. The van der Waals surface area contributed by atoms with Crippen LogP contribution >= 0.6 is 0 Å². The fourth-order valence-corrected chi connectivity index (χ4v) is 3.43. The van der Waals surface area contributed by atoms with E-state index in [1.165, 1.54) is 0 Å². The fraction of sp³-hybridized carbons (Fsp3) is 0.261. The third-order valence-corrected chi connectivity index (χ3v) is 5.05. The maximum absolute atomic E-state index is 12.8. The first-order valence-electron chi connectivity index (χ1n) is 9.93. The molecule has 30 heavy (non-hydrogen) atoms. The Morgan fingerprint density at radius 3 is 2.47 bits per heavy atom. The molecular formula is C23H23N3O4. The minimum atomic E-state index is -0.211. The van der Waals surface area contributed by atoms with Gasteiger partial charge in [-0.15, -0.1) is 0 Å². The second-order valence-corrected chi connectivity index (χ2v) is 7.27. The lowest BCUT2D eigenvalue weighted by molar-refractivity contribution is 0.0695. The van der Waals surface area contributed by atoms with E-state index in [-0.39, 0.29) is 17.9 Å². The Bertz CT molecular complexity index is 1010. The SMILES string of the molecule is Cc1ccc(C(=O)NC2CCN(C(=O)c3ccc(Oc4cccnc4)cc3)CC2)o1. The summed E-state index contributed by atoms with van der Waals surface area (Å²) >= 11 is 0. The highest BCUT2D eigenvalue weighted by Gasteiger charge is 2.25. The van der Waals surface area contributed by atoms with Crippen LogP contribution in [0, 0.1) is 6.92 Å². The van der Waals surface area contributed by atoms with Crippen LogP contribution in [0.15, 0.2) is 65.3 Å². The summed E-state index contributed by atoms with van der Waals surface area (Å²) in [4.78, 5) is 30.8. The molecule has 1 fully saturated rings. The zero-order valence-electron chi connectivity index (χ0n) is 16.7. The van der Waals surface area contributed by atoms with Gasteiger partial charge in [-0.3, -0.25) is 14.6 Å². The Labute approximate surface area is 174 Å². The molecule has 2 aromatic heterocycles. The molecular weight excluding hydrogens is 382 g/mol. The van der Waals surface area contributed by atoms with Crippen molar-refractivity contribution in [3.05, 3.63) is 78.0 Å². The molecule has 2 amide bonds. The van der Waals surface area contributed by atoms with Crippen LogP contribution in [-0.2, 0) is 0 Å². The number of likely N-dealkylation sites (tertiary alicyclic amines) is 1. The van der Waals surface area contributed by atoms with Gasteiger partial charge in [0, 0.05) is 30.9 Å². The highest BCUT2D eigenvalue weighted by atomic mass is 16.5. The van der Waals surface area contributed by atoms with Crippen molar-refractivity contribution in [3.63, 3.8) is 0 Å². The molecule has 0 radical (unpaired) electrons. The molecule has 154 valence electrons. The van der Waals surface area contributed by atoms with Crippen molar-refractivity contribution in [2.24, 2.45) is 0 Å². The molecule has 4 rings (SSSR count). The maximum atomic E-state index is 12.8.